The third kappa shape index (κ3) is 6.36. The van der Waals surface area contributed by atoms with Crippen LogP contribution in [0, 0.1) is 0 Å². The molecule has 1 aromatic rings. The van der Waals surface area contributed by atoms with Crippen LogP contribution in [-0.4, -0.2) is 73.0 Å². The number of halogens is 1. The van der Waals surface area contributed by atoms with E-state index in [1.165, 1.54) is 42.0 Å². The maximum absolute atomic E-state index is 13.4. The van der Waals surface area contributed by atoms with E-state index in [2.05, 4.69) is 22.9 Å². The predicted molar refractivity (Wildman–Crippen MR) is 129 cm³/mol. The first-order chi connectivity index (χ1) is 15.4. The highest BCUT2D eigenvalue weighted by Crippen LogP contribution is 2.33. The summed E-state index contributed by atoms with van der Waals surface area (Å²) in [6.07, 6.45) is 9.24. The van der Waals surface area contributed by atoms with Gasteiger partial charge in [-0.2, -0.15) is 4.31 Å². The molecule has 2 saturated heterocycles. The molecule has 33 heavy (non-hydrogen) atoms. The Hall–Kier alpha value is -1.46. The number of carbonyl (C=O) groups excluding carboxylic acids is 1. The molecule has 0 aliphatic carbocycles. The molecular formula is C22H37ClN4O5S. The van der Waals surface area contributed by atoms with Gasteiger partial charge in [-0.3, -0.25) is 10.0 Å². The van der Waals surface area contributed by atoms with Crippen molar-refractivity contribution in [2.45, 2.75) is 63.0 Å². The fourth-order valence-corrected chi connectivity index (χ4v) is 6.59. The van der Waals surface area contributed by atoms with E-state index in [9.17, 15) is 18.4 Å². The minimum atomic E-state index is -3.95. The monoisotopic (exact) mass is 504 g/mol. The number of rotatable bonds is 10. The number of aryl methyl sites for hydroxylation is 1. The van der Waals surface area contributed by atoms with Crippen molar-refractivity contribution in [3.63, 3.8) is 0 Å². The highest BCUT2D eigenvalue weighted by molar-refractivity contribution is 7.91. The molecule has 1 amide bonds. The Morgan fingerprint density at radius 3 is 2.36 bits per heavy atom. The number of unbranched alkanes of at least 4 members (excludes halogenated alkanes) is 4. The number of piperazine rings is 1. The van der Waals surface area contributed by atoms with Crippen LogP contribution < -0.4 is 10.4 Å². The molecule has 3 rings (SSSR count). The van der Waals surface area contributed by atoms with Crippen LogP contribution in [0.1, 0.15) is 57.4 Å². The summed E-state index contributed by atoms with van der Waals surface area (Å²) in [6, 6.07) is 4.11. The molecule has 1 aromatic heterocycles. The number of nitrogens with zero attached hydrogens (tertiary/aromatic N) is 3. The van der Waals surface area contributed by atoms with Crippen LogP contribution in [0.15, 0.2) is 18.3 Å². The molecule has 2 aliphatic heterocycles. The van der Waals surface area contributed by atoms with Crippen LogP contribution in [0.2, 0.25) is 0 Å². The third-order valence-corrected chi connectivity index (χ3v) is 9.22. The largest absolute Gasteiger partial charge is 0.381 e. The molecule has 0 unspecified atom stereocenters. The SMILES string of the molecule is CCCCCCCc1ccc(N2CCN(S(=O)(=O)C3(C(=O)NO)CCOCC3)CC2)nc1.Cl. The third-order valence-electron chi connectivity index (χ3n) is 6.59. The van der Waals surface area contributed by atoms with Gasteiger partial charge in [0.25, 0.3) is 5.91 Å². The van der Waals surface area contributed by atoms with E-state index in [0.29, 0.717) is 13.1 Å². The Labute approximate surface area is 203 Å². The van der Waals surface area contributed by atoms with Gasteiger partial charge in [0.2, 0.25) is 10.0 Å². The van der Waals surface area contributed by atoms with Crippen molar-refractivity contribution < 1.29 is 23.2 Å². The number of hydroxylamine groups is 1. The molecule has 2 fully saturated rings. The van der Waals surface area contributed by atoms with E-state index in [4.69, 9.17) is 4.74 Å². The van der Waals surface area contributed by atoms with Crippen molar-refractivity contribution in [3.05, 3.63) is 23.9 Å². The van der Waals surface area contributed by atoms with E-state index in [0.717, 1.165) is 12.2 Å². The van der Waals surface area contributed by atoms with E-state index in [1.54, 1.807) is 5.48 Å². The fourth-order valence-electron chi connectivity index (χ4n) is 4.49. The first-order valence-corrected chi connectivity index (χ1v) is 13.1. The number of carbonyl (C=O) groups is 1. The lowest BCUT2D eigenvalue weighted by atomic mass is 9.98. The zero-order chi connectivity index (χ0) is 23.0. The molecule has 0 atom stereocenters. The normalized spacial score (nSPS) is 19.0. The van der Waals surface area contributed by atoms with Gasteiger partial charge in [-0.15, -0.1) is 12.4 Å². The predicted octanol–water partition coefficient (Wildman–Crippen LogP) is 2.52. The summed E-state index contributed by atoms with van der Waals surface area (Å²) in [7, 11) is -3.95. The van der Waals surface area contributed by atoms with Gasteiger partial charge >= 0.3 is 0 Å². The number of aromatic nitrogens is 1. The molecule has 0 spiro atoms. The minimum Gasteiger partial charge on any atom is -0.381 e. The average molecular weight is 505 g/mol. The number of pyridine rings is 1. The second-order valence-electron chi connectivity index (χ2n) is 8.63. The van der Waals surface area contributed by atoms with Gasteiger partial charge in [0, 0.05) is 58.4 Å². The summed E-state index contributed by atoms with van der Waals surface area (Å²) in [5.41, 5.74) is 2.79. The van der Waals surface area contributed by atoms with Crippen molar-refractivity contribution in [2.24, 2.45) is 0 Å². The number of ether oxygens (including phenoxy) is 1. The lowest BCUT2D eigenvalue weighted by Crippen LogP contribution is -2.62. The van der Waals surface area contributed by atoms with E-state index >= 15 is 0 Å². The second kappa shape index (κ2) is 12.9. The summed E-state index contributed by atoms with van der Waals surface area (Å²) in [4.78, 5) is 19.0. The topological polar surface area (TPSA) is 112 Å². The smallest absolute Gasteiger partial charge is 0.266 e. The van der Waals surface area contributed by atoms with E-state index in [-0.39, 0.29) is 51.6 Å². The zero-order valence-electron chi connectivity index (χ0n) is 19.4. The molecule has 11 heteroatoms. The maximum Gasteiger partial charge on any atom is 0.266 e. The molecule has 0 radical (unpaired) electrons. The summed E-state index contributed by atoms with van der Waals surface area (Å²) in [5, 5.41) is 9.18. The molecule has 9 nitrogen and oxygen atoms in total. The number of nitrogens with one attached hydrogen (secondary N) is 1. The first-order valence-electron chi connectivity index (χ1n) is 11.7. The molecule has 2 aliphatic rings. The lowest BCUT2D eigenvalue weighted by Gasteiger charge is -2.41. The van der Waals surface area contributed by atoms with Gasteiger partial charge in [0.05, 0.1) is 0 Å². The average Bonchev–Trinajstić information content (AvgIpc) is 2.84. The first kappa shape index (κ1) is 27.8. The maximum atomic E-state index is 13.4. The number of hydrogen-bond donors (Lipinski definition) is 2. The number of amides is 1. The van der Waals surface area contributed by atoms with Crippen LogP contribution >= 0.6 is 12.4 Å². The number of anilines is 1. The summed E-state index contributed by atoms with van der Waals surface area (Å²) in [5.74, 6) is -0.0409. The van der Waals surface area contributed by atoms with E-state index in [1.807, 2.05) is 12.3 Å². The van der Waals surface area contributed by atoms with Crippen LogP contribution in [0.5, 0.6) is 0 Å². The molecule has 0 bridgehead atoms. The number of sulfonamides is 1. The zero-order valence-corrected chi connectivity index (χ0v) is 21.0. The van der Waals surface area contributed by atoms with Gasteiger partial charge < -0.3 is 9.64 Å². The Kier molecular flexibility index (Phi) is 10.8. The number of hydrogen-bond acceptors (Lipinski definition) is 7. The van der Waals surface area contributed by atoms with Crippen LogP contribution in [-0.2, 0) is 26.0 Å². The summed E-state index contributed by atoms with van der Waals surface area (Å²) in [6.45, 7) is 4.08. The summed E-state index contributed by atoms with van der Waals surface area (Å²) >= 11 is 0. The minimum absolute atomic E-state index is 0. The van der Waals surface area contributed by atoms with Crippen LogP contribution in [0.3, 0.4) is 0 Å². The highest BCUT2D eigenvalue weighted by atomic mass is 35.5. The fraction of sp³-hybridized carbons (Fsp3) is 0.727. The highest BCUT2D eigenvalue weighted by Gasteiger charge is 2.54. The molecule has 2 N–H and O–H groups in total. The van der Waals surface area contributed by atoms with Crippen molar-refractivity contribution in [2.75, 3.05) is 44.3 Å². The van der Waals surface area contributed by atoms with Gasteiger partial charge in [-0.25, -0.2) is 18.9 Å². The van der Waals surface area contributed by atoms with Crippen molar-refractivity contribution in [3.8, 4) is 0 Å². The Morgan fingerprint density at radius 2 is 1.79 bits per heavy atom. The van der Waals surface area contributed by atoms with Crippen molar-refractivity contribution in [1.29, 1.82) is 0 Å². The van der Waals surface area contributed by atoms with Gasteiger partial charge in [-0.1, -0.05) is 38.7 Å². The standard InChI is InChI=1S/C22H36N4O5S.ClH/c1-2-3-4-5-6-7-19-8-9-20(23-18-19)25-12-14-26(15-13-25)32(29,30)22(21(27)24-28)10-16-31-17-11-22;/h8-9,18,28H,2-7,10-17H2,1H3,(H,24,27);1H. The Balaban J connectivity index is 0.00000385. The van der Waals surface area contributed by atoms with E-state index < -0.39 is 20.7 Å². The van der Waals surface area contributed by atoms with Crippen LogP contribution in [0.4, 0.5) is 5.82 Å². The van der Waals surface area contributed by atoms with Crippen molar-refractivity contribution in [1.82, 2.24) is 14.8 Å². The molecule has 188 valence electrons. The van der Waals surface area contributed by atoms with Gasteiger partial charge in [-0.05, 0) is 24.5 Å². The Bertz CT molecular complexity index is 839. The Morgan fingerprint density at radius 1 is 1.12 bits per heavy atom. The lowest BCUT2D eigenvalue weighted by molar-refractivity contribution is -0.134. The second-order valence-corrected chi connectivity index (χ2v) is 10.9. The molecule has 3 heterocycles. The molecule has 0 saturated carbocycles. The molecule has 0 aromatic carbocycles. The molecular weight excluding hydrogens is 468 g/mol. The van der Waals surface area contributed by atoms with Crippen LogP contribution in [0.25, 0.3) is 0 Å². The van der Waals surface area contributed by atoms with Gasteiger partial charge in [0.15, 0.2) is 4.75 Å². The van der Waals surface area contributed by atoms with Crippen molar-refractivity contribution >= 4 is 34.2 Å². The summed E-state index contributed by atoms with van der Waals surface area (Å²) < 4.78 is 31.7. The van der Waals surface area contributed by atoms with Gasteiger partial charge in [0.1, 0.15) is 5.82 Å². The quantitative estimate of drug-likeness (QED) is 0.286.